The van der Waals surface area contributed by atoms with Crippen molar-refractivity contribution in [3.8, 4) is 0 Å². The molecule has 2 N–H and O–H groups in total. The van der Waals surface area contributed by atoms with Crippen LogP contribution in [0.15, 0.2) is 21.9 Å². The lowest BCUT2D eigenvalue weighted by molar-refractivity contribution is -0.0773. The SMILES string of the molecule is CCCC1CO[C@H]2[C@@H]1[C@@H](CO)O[C@H]2n1ccc(=O)[nH]c1=O. The van der Waals surface area contributed by atoms with Crippen LogP contribution in [0.2, 0.25) is 0 Å². The van der Waals surface area contributed by atoms with Gasteiger partial charge in [0.25, 0.3) is 5.56 Å². The van der Waals surface area contributed by atoms with Crippen LogP contribution in [0.5, 0.6) is 0 Å². The molecule has 5 atom stereocenters. The fourth-order valence-electron chi connectivity index (χ4n) is 3.52. The maximum Gasteiger partial charge on any atom is 0.330 e. The van der Waals surface area contributed by atoms with Crippen LogP contribution in [0, 0.1) is 11.8 Å². The molecule has 1 aromatic rings. The second-order valence-corrected chi connectivity index (χ2v) is 5.69. The van der Waals surface area contributed by atoms with E-state index in [-0.39, 0.29) is 24.7 Å². The van der Waals surface area contributed by atoms with Crippen molar-refractivity contribution >= 4 is 0 Å². The van der Waals surface area contributed by atoms with Gasteiger partial charge < -0.3 is 14.6 Å². The third-order valence-corrected chi connectivity index (χ3v) is 4.42. The van der Waals surface area contributed by atoms with E-state index in [4.69, 9.17) is 9.47 Å². The largest absolute Gasteiger partial charge is 0.394 e. The second-order valence-electron chi connectivity index (χ2n) is 5.69. The molecular formula is C14H20N2O5. The Bertz CT molecular complexity index is 610. The minimum Gasteiger partial charge on any atom is -0.394 e. The molecule has 2 fully saturated rings. The van der Waals surface area contributed by atoms with Crippen molar-refractivity contribution in [3.05, 3.63) is 33.1 Å². The lowest BCUT2D eigenvalue weighted by Gasteiger charge is -2.19. The highest BCUT2D eigenvalue weighted by atomic mass is 16.6. The number of aliphatic hydroxyl groups excluding tert-OH is 1. The fraction of sp³-hybridized carbons (Fsp3) is 0.714. The number of fused-ring (bicyclic) bond motifs is 1. The first-order chi connectivity index (χ1) is 10.2. The van der Waals surface area contributed by atoms with Gasteiger partial charge in [0.1, 0.15) is 6.10 Å². The van der Waals surface area contributed by atoms with Gasteiger partial charge in [-0.2, -0.15) is 0 Å². The average molecular weight is 296 g/mol. The summed E-state index contributed by atoms with van der Waals surface area (Å²) in [4.78, 5) is 25.3. The van der Waals surface area contributed by atoms with Gasteiger partial charge in [-0.15, -0.1) is 0 Å². The van der Waals surface area contributed by atoms with Crippen LogP contribution in [0.4, 0.5) is 0 Å². The van der Waals surface area contributed by atoms with E-state index >= 15 is 0 Å². The molecule has 0 bridgehead atoms. The van der Waals surface area contributed by atoms with Crippen molar-refractivity contribution in [2.24, 2.45) is 11.8 Å². The summed E-state index contributed by atoms with van der Waals surface area (Å²) in [6, 6.07) is 1.28. The van der Waals surface area contributed by atoms with Crippen LogP contribution in [0.25, 0.3) is 0 Å². The van der Waals surface area contributed by atoms with Crippen LogP contribution in [-0.4, -0.2) is 40.1 Å². The summed E-state index contributed by atoms with van der Waals surface area (Å²) in [5.41, 5.74) is -0.965. The number of nitrogens with one attached hydrogen (secondary N) is 1. The Hall–Kier alpha value is -1.44. The van der Waals surface area contributed by atoms with Gasteiger partial charge in [-0.05, 0) is 12.3 Å². The molecule has 2 aliphatic rings. The number of H-pyrrole nitrogens is 1. The van der Waals surface area contributed by atoms with Gasteiger partial charge in [0.05, 0.1) is 19.3 Å². The Morgan fingerprint density at radius 2 is 2.29 bits per heavy atom. The molecule has 3 rings (SSSR count). The molecule has 1 unspecified atom stereocenters. The molecule has 2 saturated heterocycles. The summed E-state index contributed by atoms with van der Waals surface area (Å²) in [6.45, 7) is 2.64. The van der Waals surface area contributed by atoms with Gasteiger partial charge in [0.15, 0.2) is 6.23 Å². The van der Waals surface area contributed by atoms with E-state index in [0.29, 0.717) is 12.5 Å². The summed E-state index contributed by atoms with van der Waals surface area (Å²) in [6.07, 6.45) is 2.27. The average Bonchev–Trinajstić information content (AvgIpc) is 3.01. The van der Waals surface area contributed by atoms with Crippen LogP contribution >= 0.6 is 0 Å². The Balaban J connectivity index is 1.91. The number of hydrogen-bond acceptors (Lipinski definition) is 5. The van der Waals surface area contributed by atoms with Gasteiger partial charge >= 0.3 is 5.69 Å². The van der Waals surface area contributed by atoms with Crippen LogP contribution in [0.1, 0.15) is 26.0 Å². The first-order valence-electron chi connectivity index (χ1n) is 7.35. The number of aromatic nitrogens is 2. The highest BCUT2D eigenvalue weighted by molar-refractivity contribution is 4.99. The van der Waals surface area contributed by atoms with Gasteiger partial charge in [-0.25, -0.2) is 4.79 Å². The molecule has 7 nitrogen and oxygen atoms in total. The number of aliphatic hydroxyl groups is 1. The monoisotopic (exact) mass is 296 g/mol. The summed E-state index contributed by atoms with van der Waals surface area (Å²) in [7, 11) is 0. The van der Waals surface area contributed by atoms with E-state index in [0.717, 1.165) is 12.8 Å². The van der Waals surface area contributed by atoms with Gasteiger partial charge in [0.2, 0.25) is 0 Å². The number of rotatable bonds is 4. The third-order valence-electron chi connectivity index (χ3n) is 4.42. The standard InChI is InChI=1S/C14H20N2O5/c1-2-3-8-7-20-12-11(8)9(6-17)21-13(12)16-5-4-10(18)15-14(16)19/h4-5,8-9,11-13,17H,2-3,6-7H2,1H3,(H,15,18,19)/t8?,9-,11+,12+,13-/m1/s1. The quantitative estimate of drug-likeness (QED) is 0.806. The zero-order chi connectivity index (χ0) is 15.0. The van der Waals surface area contributed by atoms with Gasteiger partial charge in [-0.1, -0.05) is 13.3 Å². The summed E-state index contributed by atoms with van der Waals surface area (Å²) in [5.74, 6) is 0.416. The van der Waals surface area contributed by atoms with E-state index in [1.807, 2.05) is 0 Å². The highest BCUT2D eigenvalue weighted by Crippen LogP contribution is 2.45. The molecule has 0 spiro atoms. The summed E-state index contributed by atoms with van der Waals surface area (Å²) in [5, 5.41) is 9.55. The van der Waals surface area contributed by atoms with E-state index in [1.165, 1.54) is 16.8 Å². The molecule has 2 aliphatic heterocycles. The Kier molecular flexibility index (Phi) is 3.97. The van der Waals surface area contributed by atoms with Crippen molar-refractivity contribution in [1.82, 2.24) is 9.55 Å². The molecular weight excluding hydrogens is 276 g/mol. The maximum absolute atomic E-state index is 11.9. The summed E-state index contributed by atoms with van der Waals surface area (Å²) < 4.78 is 13.0. The molecule has 0 aliphatic carbocycles. The highest BCUT2D eigenvalue weighted by Gasteiger charge is 2.53. The predicted octanol–water partition coefficient (Wildman–Crippen LogP) is -0.142. The molecule has 3 heterocycles. The number of aromatic amines is 1. The van der Waals surface area contributed by atoms with Crippen LogP contribution in [0.3, 0.4) is 0 Å². The van der Waals surface area contributed by atoms with E-state index in [2.05, 4.69) is 11.9 Å². The van der Waals surface area contributed by atoms with Crippen LogP contribution < -0.4 is 11.2 Å². The van der Waals surface area contributed by atoms with Crippen molar-refractivity contribution in [2.75, 3.05) is 13.2 Å². The Morgan fingerprint density at radius 1 is 1.48 bits per heavy atom. The number of ether oxygens (including phenoxy) is 2. The predicted molar refractivity (Wildman–Crippen MR) is 73.9 cm³/mol. The van der Waals surface area contributed by atoms with E-state index in [9.17, 15) is 14.7 Å². The summed E-state index contributed by atoms with van der Waals surface area (Å²) >= 11 is 0. The first-order valence-corrected chi connectivity index (χ1v) is 7.35. The van der Waals surface area contributed by atoms with Crippen molar-refractivity contribution in [1.29, 1.82) is 0 Å². The Labute approximate surface area is 121 Å². The molecule has 0 amide bonds. The van der Waals surface area contributed by atoms with Gasteiger partial charge in [-0.3, -0.25) is 14.3 Å². The molecule has 21 heavy (non-hydrogen) atoms. The minimum atomic E-state index is -0.599. The zero-order valence-corrected chi connectivity index (χ0v) is 11.9. The zero-order valence-electron chi connectivity index (χ0n) is 11.9. The van der Waals surface area contributed by atoms with Crippen molar-refractivity contribution in [3.63, 3.8) is 0 Å². The molecule has 0 aromatic carbocycles. The lowest BCUT2D eigenvalue weighted by atomic mass is 9.85. The molecule has 1 aromatic heterocycles. The third kappa shape index (κ3) is 2.45. The first kappa shape index (κ1) is 14.5. The number of nitrogens with zero attached hydrogens (tertiary/aromatic N) is 1. The fourth-order valence-corrected chi connectivity index (χ4v) is 3.52. The Morgan fingerprint density at radius 3 is 2.95 bits per heavy atom. The lowest BCUT2D eigenvalue weighted by Crippen LogP contribution is -2.35. The molecule has 0 saturated carbocycles. The maximum atomic E-state index is 11.9. The second kappa shape index (κ2) is 5.75. The minimum absolute atomic E-state index is 0.0822. The van der Waals surface area contributed by atoms with Crippen molar-refractivity contribution < 1.29 is 14.6 Å². The number of hydrogen-bond donors (Lipinski definition) is 2. The van der Waals surface area contributed by atoms with Gasteiger partial charge in [0, 0.05) is 18.2 Å². The van der Waals surface area contributed by atoms with Crippen LogP contribution in [-0.2, 0) is 9.47 Å². The van der Waals surface area contributed by atoms with Crippen molar-refractivity contribution in [2.45, 2.75) is 38.2 Å². The van der Waals surface area contributed by atoms with E-state index < -0.39 is 17.5 Å². The molecule has 7 heteroatoms. The normalized spacial score (nSPS) is 35.0. The topological polar surface area (TPSA) is 93.5 Å². The van der Waals surface area contributed by atoms with E-state index in [1.54, 1.807) is 0 Å². The molecule has 116 valence electrons. The smallest absolute Gasteiger partial charge is 0.330 e. The molecule has 0 radical (unpaired) electrons.